The molecule has 3 rings (SSSR count). The highest BCUT2D eigenvalue weighted by molar-refractivity contribution is 6.30. The molecule has 0 aliphatic carbocycles. The van der Waals surface area contributed by atoms with Crippen LogP contribution in [0.2, 0.25) is 5.02 Å². The molecule has 0 saturated carbocycles. The molecular weight excluding hydrogens is 298 g/mol. The third-order valence-electron chi connectivity index (χ3n) is 3.23. The van der Waals surface area contributed by atoms with E-state index in [1.54, 1.807) is 16.8 Å². The number of rotatable bonds is 4. The van der Waals surface area contributed by atoms with Crippen molar-refractivity contribution in [3.8, 4) is 5.69 Å². The summed E-state index contributed by atoms with van der Waals surface area (Å²) >= 11 is 5.91. The summed E-state index contributed by atoms with van der Waals surface area (Å²) in [5.41, 5.74) is 3.18. The summed E-state index contributed by atoms with van der Waals surface area (Å²) in [6, 6.07) is 17.2. The van der Waals surface area contributed by atoms with Gasteiger partial charge < -0.3 is 5.11 Å². The van der Waals surface area contributed by atoms with Gasteiger partial charge in [-0.1, -0.05) is 53.2 Å². The molecule has 0 radical (unpaired) electrons. The molecule has 1 N–H and O–H groups in total. The van der Waals surface area contributed by atoms with Gasteiger partial charge in [0.1, 0.15) is 5.69 Å². The maximum Gasteiger partial charge on any atom is 0.116 e. The van der Waals surface area contributed by atoms with Crippen LogP contribution >= 0.6 is 11.6 Å². The van der Waals surface area contributed by atoms with Crippen molar-refractivity contribution in [3.63, 3.8) is 0 Å². The third kappa shape index (κ3) is 3.08. The smallest absolute Gasteiger partial charge is 0.116 e. The average molecular weight is 312 g/mol. The topological polar surface area (TPSA) is 50.9 Å². The molecule has 2 aromatic carbocycles. The number of halogens is 1. The number of nitrogens with zero attached hydrogens (tertiary/aromatic N) is 3. The third-order valence-corrected chi connectivity index (χ3v) is 3.48. The highest BCUT2D eigenvalue weighted by Crippen LogP contribution is 2.18. The minimum Gasteiger partial charge on any atom is -0.390 e. The maximum absolute atomic E-state index is 9.45. The van der Waals surface area contributed by atoms with Crippen LogP contribution in [0, 0.1) is 0 Å². The predicted molar refractivity (Wildman–Crippen MR) is 87.7 cm³/mol. The van der Waals surface area contributed by atoms with Crippen LogP contribution in [-0.4, -0.2) is 20.1 Å². The lowest BCUT2D eigenvalue weighted by Crippen LogP contribution is -1.99. The summed E-state index contributed by atoms with van der Waals surface area (Å²) in [7, 11) is 0. The molecule has 5 heteroatoms. The molecule has 4 nitrogen and oxygen atoms in total. The van der Waals surface area contributed by atoms with Crippen molar-refractivity contribution in [2.75, 3.05) is 0 Å². The van der Waals surface area contributed by atoms with E-state index in [1.807, 2.05) is 54.6 Å². The Morgan fingerprint density at radius 1 is 1.00 bits per heavy atom. The maximum atomic E-state index is 9.45. The molecule has 0 atom stereocenters. The highest BCUT2D eigenvalue weighted by Gasteiger charge is 2.11. The quantitative estimate of drug-likeness (QED) is 0.801. The number of aliphatic hydroxyl groups is 1. The molecule has 0 fully saturated rings. The van der Waals surface area contributed by atoms with Crippen molar-refractivity contribution in [2.24, 2.45) is 0 Å². The number of hydrogen-bond acceptors (Lipinski definition) is 3. The molecular formula is C17H14ClN3O. The second-order valence-electron chi connectivity index (χ2n) is 4.71. The Bertz CT molecular complexity index is 779. The van der Waals surface area contributed by atoms with E-state index >= 15 is 0 Å². The average Bonchev–Trinajstić information content (AvgIpc) is 2.97. The molecule has 22 heavy (non-hydrogen) atoms. The van der Waals surface area contributed by atoms with E-state index in [2.05, 4.69) is 10.3 Å². The first-order valence-corrected chi connectivity index (χ1v) is 7.20. The van der Waals surface area contributed by atoms with Gasteiger partial charge in [0.05, 0.1) is 18.0 Å². The fourth-order valence-corrected chi connectivity index (χ4v) is 2.24. The van der Waals surface area contributed by atoms with E-state index in [0.717, 1.165) is 16.9 Å². The van der Waals surface area contributed by atoms with E-state index in [1.165, 1.54) is 0 Å². The van der Waals surface area contributed by atoms with Crippen LogP contribution in [0.1, 0.15) is 17.0 Å². The molecule has 0 aliphatic heterocycles. The first kappa shape index (κ1) is 14.5. The lowest BCUT2D eigenvalue weighted by molar-refractivity contribution is 0.276. The summed E-state index contributed by atoms with van der Waals surface area (Å²) in [5, 5.41) is 18.2. The molecule has 1 aromatic heterocycles. The van der Waals surface area contributed by atoms with Gasteiger partial charge >= 0.3 is 0 Å². The second-order valence-corrected chi connectivity index (χ2v) is 5.15. The van der Waals surface area contributed by atoms with Crippen molar-refractivity contribution in [3.05, 3.63) is 76.6 Å². The number of aliphatic hydroxyl groups excluding tert-OH is 1. The zero-order chi connectivity index (χ0) is 15.4. The SMILES string of the molecule is OCc1nnn(-c2ccc(Cl)cc2)c1/C=C/c1ccccc1. The fraction of sp³-hybridized carbons (Fsp3) is 0.0588. The van der Waals surface area contributed by atoms with E-state index in [4.69, 9.17) is 11.6 Å². The van der Waals surface area contributed by atoms with E-state index < -0.39 is 0 Å². The zero-order valence-electron chi connectivity index (χ0n) is 11.7. The van der Waals surface area contributed by atoms with Gasteiger partial charge in [-0.05, 0) is 35.9 Å². The Morgan fingerprint density at radius 2 is 1.73 bits per heavy atom. The largest absolute Gasteiger partial charge is 0.390 e. The van der Waals surface area contributed by atoms with Crippen LogP contribution in [0.5, 0.6) is 0 Å². The van der Waals surface area contributed by atoms with Gasteiger partial charge in [0, 0.05) is 5.02 Å². The first-order chi connectivity index (χ1) is 10.8. The van der Waals surface area contributed by atoms with Gasteiger partial charge in [-0.3, -0.25) is 0 Å². The highest BCUT2D eigenvalue weighted by atomic mass is 35.5. The van der Waals surface area contributed by atoms with E-state index in [9.17, 15) is 5.11 Å². The summed E-state index contributed by atoms with van der Waals surface area (Å²) < 4.78 is 1.68. The molecule has 1 heterocycles. The molecule has 3 aromatic rings. The molecule has 0 aliphatic rings. The van der Waals surface area contributed by atoms with E-state index in [0.29, 0.717) is 10.7 Å². The lowest BCUT2D eigenvalue weighted by atomic mass is 10.2. The standard InChI is InChI=1S/C17H14ClN3O/c18-14-7-9-15(10-8-14)21-17(16(12-22)19-20-21)11-6-13-4-2-1-3-5-13/h1-11,22H,12H2/b11-6+. The predicted octanol–water partition coefficient (Wildman–Crippen LogP) is 3.58. The van der Waals surface area contributed by atoms with E-state index in [-0.39, 0.29) is 6.61 Å². The van der Waals surface area contributed by atoms with Crippen molar-refractivity contribution in [1.29, 1.82) is 0 Å². The summed E-state index contributed by atoms with van der Waals surface area (Å²) in [4.78, 5) is 0. The number of hydrogen-bond donors (Lipinski definition) is 1. The van der Waals surface area contributed by atoms with Crippen molar-refractivity contribution >= 4 is 23.8 Å². The van der Waals surface area contributed by atoms with Crippen LogP contribution in [0.25, 0.3) is 17.8 Å². The van der Waals surface area contributed by atoms with Gasteiger partial charge in [-0.25, -0.2) is 4.68 Å². The Balaban J connectivity index is 2.00. The molecule has 0 bridgehead atoms. The Morgan fingerprint density at radius 3 is 2.41 bits per heavy atom. The van der Waals surface area contributed by atoms with Gasteiger partial charge in [-0.2, -0.15) is 0 Å². The molecule has 110 valence electrons. The monoisotopic (exact) mass is 311 g/mol. The van der Waals surface area contributed by atoms with Crippen molar-refractivity contribution in [2.45, 2.75) is 6.61 Å². The van der Waals surface area contributed by atoms with Crippen LogP contribution in [-0.2, 0) is 6.61 Å². The van der Waals surface area contributed by atoms with Crippen LogP contribution in [0.15, 0.2) is 54.6 Å². The minimum absolute atomic E-state index is 0.165. The minimum atomic E-state index is -0.165. The van der Waals surface area contributed by atoms with Gasteiger partial charge in [0.2, 0.25) is 0 Å². The number of aromatic nitrogens is 3. The molecule has 0 saturated heterocycles. The van der Waals surface area contributed by atoms with Gasteiger partial charge in [0.25, 0.3) is 0 Å². The van der Waals surface area contributed by atoms with Crippen LogP contribution in [0.4, 0.5) is 0 Å². The summed E-state index contributed by atoms with van der Waals surface area (Å²) in [5.74, 6) is 0. The molecule has 0 amide bonds. The summed E-state index contributed by atoms with van der Waals surface area (Å²) in [6.07, 6.45) is 3.86. The van der Waals surface area contributed by atoms with Crippen LogP contribution < -0.4 is 0 Å². The summed E-state index contributed by atoms with van der Waals surface area (Å²) in [6.45, 7) is -0.165. The zero-order valence-corrected chi connectivity index (χ0v) is 12.5. The lowest BCUT2D eigenvalue weighted by Gasteiger charge is -2.04. The van der Waals surface area contributed by atoms with Crippen LogP contribution in [0.3, 0.4) is 0 Å². The second kappa shape index (κ2) is 6.56. The van der Waals surface area contributed by atoms with Crippen molar-refractivity contribution in [1.82, 2.24) is 15.0 Å². The van der Waals surface area contributed by atoms with Gasteiger partial charge in [0.15, 0.2) is 0 Å². The fourth-order valence-electron chi connectivity index (χ4n) is 2.11. The normalized spacial score (nSPS) is 11.2. The van der Waals surface area contributed by atoms with Gasteiger partial charge in [-0.15, -0.1) is 5.10 Å². The Labute approximate surface area is 133 Å². The molecule has 0 unspecified atom stereocenters. The number of benzene rings is 2. The van der Waals surface area contributed by atoms with Crippen molar-refractivity contribution < 1.29 is 5.11 Å². The molecule has 0 spiro atoms. The Hall–Kier alpha value is -2.43. The first-order valence-electron chi connectivity index (χ1n) is 6.82. The Kier molecular flexibility index (Phi) is 4.32.